The molecule has 6 heteroatoms. The van der Waals surface area contributed by atoms with E-state index in [0.29, 0.717) is 6.54 Å². The van der Waals surface area contributed by atoms with Gasteiger partial charge in [-0.05, 0) is 6.92 Å². The van der Waals surface area contributed by atoms with Crippen LogP contribution in [0.1, 0.15) is 12.5 Å². The van der Waals surface area contributed by atoms with Crippen LogP contribution < -0.4 is 5.32 Å². The second-order valence-electron chi connectivity index (χ2n) is 3.32. The van der Waals surface area contributed by atoms with E-state index in [1.165, 1.54) is 0 Å². The van der Waals surface area contributed by atoms with E-state index in [4.69, 9.17) is 5.11 Å². The van der Waals surface area contributed by atoms with E-state index < -0.39 is 19.1 Å². The highest BCUT2D eigenvalue weighted by atomic mass is 19.3. The van der Waals surface area contributed by atoms with Crippen LogP contribution >= 0.6 is 0 Å². The molecule has 4 nitrogen and oxygen atoms in total. The van der Waals surface area contributed by atoms with Crippen LogP contribution in [-0.4, -0.2) is 34.0 Å². The van der Waals surface area contributed by atoms with E-state index in [2.05, 4.69) is 10.4 Å². The molecule has 0 aliphatic carbocycles. The highest BCUT2D eigenvalue weighted by Crippen LogP contribution is 2.10. The van der Waals surface area contributed by atoms with Crippen molar-refractivity contribution >= 4 is 0 Å². The molecular formula is C9H15F2N3O. The topological polar surface area (TPSA) is 50.1 Å². The zero-order chi connectivity index (χ0) is 11.3. The molecule has 0 bridgehead atoms. The van der Waals surface area contributed by atoms with Crippen LogP contribution in [0.2, 0.25) is 0 Å². The van der Waals surface area contributed by atoms with Crippen molar-refractivity contribution < 1.29 is 13.9 Å². The summed E-state index contributed by atoms with van der Waals surface area (Å²) < 4.78 is 26.9. The number of hydrogen-bond donors (Lipinski definition) is 2. The second kappa shape index (κ2) is 5.18. The summed E-state index contributed by atoms with van der Waals surface area (Å²) in [5.74, 6) is -3.05. The molecule has 0 amide bonds. The maximum atomic E-state index is 12.6. The standard InChI is InChI=1S/C9H15F2N3O/c1-2-14-5-8(4-13-14)3-12-6-9(10,11)7-15/h4-5,12,15H,2-3,6-7H2,1H3. The van der Waals surface area contributed by atoms with Gasteiger partial charge in [0, 0.05) is 24.8 Å². The molecule has 0 aliphatic heterocycles. The highest BCUT2D eigenvalue weighted by Gasteiger charge is 2.26. The van der Waals surface area contributed by atoms with Crippen molar-refractivity contribution in [1.82, 2.24) is 15.1 Å². The van der Waals surface area contributed by atoms with Crippen LogP contribution in [0.4, 0.5) is 8.78 Å². The average molecular weight is 219 g/mol. The van der Waals surface area contributed by atoms with Gasteiger partial charge in [0.05, 0.1) is 12.7 Å². The average Bonchev–Trinajstić information content (AvgIpc) is 2.66. The van der Waals surface area contributed by atoms with Gasteiger partial charge in [-0.1, -0.05) is 0 Å². The van der Waals surface area contributed by atoms with E-state index in [1.54, 1.807) is 17.1 Å². The number of rotatable bonds is 6. The molecule has 0 aliphatic rings. The third-order valence-electron chi connectivity index (χ3n) is 1.95. The van der Waals surface area contributed by atoms with E-state index in [0.717, 1.165) is 12.1 Å². The number of alkyl halides is 2. The van der Waals surface area contributed by atoms with E-state index in [1.807, 2.05) is 6.92 Å². The number of aliphatic hydroxyl groups is 1. The first-order chi connectivity index (χ1) is 7.07. The molecule has 0 atom stereocenters. The van der Waals surface area contributed by atoms with Crippen LogP contribution in [0.15, 0.2) is 12.4 Å². The predicted octanol–water partition coefficient (Wildman–Crippen LogP) is 0.620. The van der Waals surface area contributed by atoms with Gasteiger partial charge in [0.2, 0.25) is 0 Å². The van der Waals surface area contributed by atoms with Crippen molar-refractivity contribution in [2.45, 2.75) is 25.9 Å². The quantitative estimate of drug-likeness (QED) is 0.737. The molecule has 2 N–H and O–H groups in total. The molecule has 0 unspecified atom stereocenters. The van der Waals surface area contributed by atoms with Crippen molar-refractivity contribution in [2.75, 3.05) is 13.2 Å². The predicted molar refractivity (Wildman–Crippen MR) is 51.6 cm³/mol. The molecule has 0 spiro atoms. The van der Waals surface area contributed by atoms with Gasteiger partial charge >= 0.3 is 0 Å². The number of halogens is 2. The Labute approximate surface area is 86.9 Å². The largest absolute Gasteiger partial charge is 0.390 e. The molecule has 0 saturated carbocycles. The Morgan fingerprint density at radius 2 is 2.33 bits per heavy atom. The summed E-state index contributed by atoms with van der Waals surface area (Å²) >= 11 is 0. The Morgan fingerprint density at radius 3 is 2.87 bits per heavy atom. The van der Waals surface area contributed by atoms with Gasteiger partial charge in [0.1, 0.15) is 6.61 Å². The summed E-state index contributed by atoms with van der Waals surface area (Å²) in [6, 6.07) is 0. The summed E-state index contributed by atoms with van der Waals surface area (Å²) in [7, 11) is 0. The fraction of sp³-hybridized carbons (Fsp3) is 0.667. The number of hydrogen-bond acceptors (Lipinski definition) is 3. The Hall–Kier alpha value is -1.01. The zero-order valence-corrected chi connectivity index (χ0v) is 8.58. The molecule has 1 aromatic rings. The van der Waals surface area contributed by atoms with Gasteiger partial charge in [0.25, 0.3) is 5.92 Å². The first kappa shape index (κ1) is 12.1. The van der Waals surface area contributed by atoms with Crippen LogP contribution in [0, 0.1) is 0 Å². The SMILES string of the molecule is CCn1cc(CNCC(F)(F)CO)cn1. The summed E-state index contributed by atoms with van der Waals surface area (Å²) in [6.45, 7) is 1.38. The lowest BCUT2D eigenvalue weighted by Gasteiger charge is -2.13. The Kier molecular flexibility index (Phi) is 4.16. The Morgan fingerprint density at radius 1 is 1.60 bits per heavy atom. The molecule has 1 aromatic heterocycles. The van der Waals surface area contributed by atoms with Crippen LogP contribution in [0.3, 0.4) is 0 Å². The van der Waals surface area contributed by atoms with Crippen molar-refractivity contribution in [2.24, 2.45) is 0 Å². The maximum absolute atomic E-state index is 12.6. The molecule has 15 heavy (non-hydrogen) atoms. The molecule has 1 heterocycles. The van der Waals surface area contributed by atoms with Gasteiger partial charge in [-0.3, -0.25) is 4.68 Å². The minimum Gasteiger partial charge on any atom is -0.390 e. The molecule has 86 valence electrons. The summed E-state index contributed by atoms with van der Waals surface area (Å²) in [6.07, 6.45) is 3.43. The van der Waals surface area contributed by atoms with Crippen LogP contribution in [0.5, 0.6) is 0 Å². The molecule has 0 fully saturated rings. The zero-order valence-electron chi connectivity index (χ0n) is 8.58. The monoisotopic (exact) mass is 219 g/mol. The maximum Gasteiger partial charge on any atom is 0.282 e. The van der Waals surface area contributed by atoms with Gasteiger partial charge < -0.3 is 10.4 Å². The third kappa shape index (κ3) is 3.93. The molecule has 0 saturated heterocycles. The second-order valence-corrected chi connectivity index (χ2v) is 3.32. The molecule has 1 rings (SSSR count). The van der Waals surface area contributed by atoms with Gasteiger partial charge in [-0.15, -0.1) is 0 Å². The first-order valence-electron chi connectivity index (χ1n) is 4.78. The van der Waals surface area contributed by atoms with Gasteiger partial charge in [-0.25, -0.2) is 8.78 Å². The lowest BCUT2D eigenvalue weighted by molar-refractivity contribution is -0.0477. The summed E-state index contributed by atoms with van der Waals surface area (Å²) in [5, 5.41) is 14.9. The Balaban J connectivity index is 2.31. The number of nitrogens with zero attached hydrogens (tertiary/aromatic N) is 2. The smallest absolute Gasteiger partial charge is 0.282 e. The molecule has 0 aromatic carbocycles. The Bertz CT molecular complexity index is 301. The number of nitrogens with one attached hydrogen (secondary N) is 1. The van der Waals surface area contributed by atoms with Crippen molar-refractivity contribution in [1.29, 1.82) is 0 Å². The van der Waals surface area contributed by atoms with Gasteiger partial charge in [0.15, 0.2) is 0 Å². The third-order valence-corrected chi connectivity index (χ3v) is 1.95. The molecule has 0 radical (unpaired) electrons. The number of aliphatic hydroxyl groups excluding tert-OH is 1. The number of aryl methyl sites for hydroxylation is 1. The van der Waals surface area contributed by atoms with Crippen molar-refractivity contribution in [3.05, 3.63) is 18.0 Å². The lowest BCUT2D eigenvalue weighted by atomic mass is 10.3. The van der Waals surface area contributed by atoms with Crippen molar-refractivity contribution in [3.63, 3.8) is 0 Å². The fourth-order valence-electron chi connectivity index (χ4n) is 1.12. The van der Waals surface area contributed by atoms with E-state index >= 15 is 0 Å². The lowest BCUT2D eigenvalue weighted by Crippen LogP contribution is -2.35. The number of aromatic nitrogens is 2. The normalized spacial score (nSPS) is 12.0. The van der Waals surface area contributed by atoms with E-state index in [-0.39, 0.29) is 0 Å². The van der Waals surface area contributed by atoms with Crippen molar-refractivity contribution in [3.8, 4) is 0 Å². The highest BCUT2D eigenvalue weighted by molar-refractivity contribution is 5.03. The summed E-state index contributed by atoms with van der Waals surface area (Å²) in [4.78, 5) is 0. The first-order valence-corrected chi connectivity index (χ1v) is 4.78. The molecular weight excluding hydrogens is 204 g/mol. The van der Waals surface area contributed by atoms with Gasteiger partial charge in [-0.2, -0.15) is 5.10 Å². The van der Waals surface area contributed by atoms with Crippen LogP contribution in [-0.2, 0) is 13.1 Å². The fourth-order valence-corrected chi connectivity index (χ4v) is 1.12. The van der Waals surface area contributed by atoms with E-state index in [9.17, 15) is 8.78 Å². The summed E-state index contributed by atoms with van der Waals surface area (Å²) in [5.41, 5.74) is 0.852. The minimum atomic E-state index is -3.05. The minimum absolute atomic E-state index is 0.329. The van der Waals surface area contributed by atoms with Crippen LogP contribution in [0.25, 0.3) is 0 Å².